The fourth-order valence-corrected chi connectivity index (χ4v) is 3.61. The molecule has 25 heavy (non-hydrogen) atoms. The van der Waals surface area contributed by atoms with Crippen molar-refractivity contribution in [2.75, 3.05) is 11.4 Å². The van der Waals surface area contributed by atoms with Crippen LogP contribution in [0.5, 0.6) is 0 Å². The van der Waals surface area contributed by atoms with E-state index < -0.39 is 4.92 Å². The van der Waals surface area contributed by atoms with Crippen LogP contribution in [-0.2, 0) is 9.59 Å². The molecule has 134 valence electrons. The molecule has 1 heterocycles. The van der Waals surface area contributed by atoms with E-state index in [4.69, 9.17) is 0 Å². The lowest BCUT2D eigenvalue weighted by atomic mass is 9.87. The first-order chi connectivity index (χ1) is 11.9. The summed E-state index contributed by atoms with van der Waals surface area (Å²) in [7, 11) is 0. The predicted molar refractivity (Wildman–Crippen MR) is 93.1 cm³/mol. The molecule has 1 aliphatic heterocycles. The largest absolute Gasteiger partial charge is 0.353 e. The molecule has 1 N–H and O–H groups in total. The number of non-ortho nitro benzene ring substituents is 1. The Morgan fingerprint density at radius 3 is 2.44 bits per heavy atom. The highest BCUT2D eigenvalue weighted by Gasteiger charge is 2.36. The van der Waals surface area contributed by atoms with E-state index in [0.29, 0.717) is 12.2 Å². The van der Waals surface area contributed by atoms with Crippen molar-refractivity contribution in [3.63, 3.8) is 0 Å². The first-order valence-corrected chi connectivity index (χ1v) is 8.79. The average Bonchev–Trinajstić information content (AvgIpc) is 2.99. The molecule has 2 aliphatic rings. The molecule has 0 bridgehead atoms. The number of nitro groups is 1. The molecule has 7 heteroatoms. The van der Waals surface area contributed by atoms with E-state index in [1.165, 1.54) is 17.0 Å². The van der Waals surface area contributed by atoms with Crippen LogP contribution in [0.25, 0.3) is 0 Å². The summed E-state index contributed by atoms with van der Waals surface area (Å²) in [4.78, 5) is 36.5. The molecule has 0 unspecified atom stereocenters. The van der Waals surface area contributed by atoms with Gasteiger partial charge in [-0.1, -0.05) is 6.92 Å². The van der Waals surface area contributed by atoms with Crippen LogP contribution < -0.4 is 10.2 Å². The Morgan fingerprint density at radius 2 is 1.84 bits per heavy atom. The summed E-state index contributed by atoms with van der Waals surface area (Å²) in [5.74, 6) is 0.185. The van der Waals surface area contributed by atoms with E-state index >= 15 is 0 Å². The minimum atomic E-state index is -0.475. The second-order valence-electron chi connectivity index (χ2n) is 7.14. The molecule has 7 nitrogen and oxygen atoms in total. The minimum Gasteiger partial charge on any atom is -0.353 e. The Morgan fingerprint density at radius 1 is 1.20 bits per heavy atom. The van der Waals surface area contributed by atoms with Crippen molar-refractivity contribution in [3.05, 3.63) is 34.4 Å². The number of benzene rings is 1. The zero-order valence-corrected chi connectivity index (χ0v) is 14.3. The van der Waals surface area contributed by atoms with Gasteiger partial charge in [-0.15, -0.1) is 0 Å². The number of rotatable bonds is 4. The molecule has 0 aromatic heterocycles. The van der Waals surface area contributed by atoms with Crippen molar-refractivity contribution in [2.24, 2.45) is 11.8 Å². The zero-order chi connectivity index (χ0) is 18.0. The first kappa shape index (κ1) is 17.4. The lowest BCUT2D eigenvalue weighted by molar-refractivity contribution is -0.384. The van der Waals surface area contributed by atoms with E-state index in [1.807, 2.05) is 0 Å². The van der Waals surface area contributed by atoms with Gasteiger partial charge in [-0.25, -0.2) is 0 Å². The molecule has 1 aromatic rings. The number of hydrogen-bond acceptors (Lipinski definition) is 4. The van der Waals surface area contributed by atoms with Crippen LogP contribution in [-0.4, -0.2) is 29.3 Å². The Hall–Kier alpha value is -2.44. The summed E-state index contributed by atoms with van der Waals surface area (Å²) in [5, 5.41) is 13.8. The quantitative estimate of drug-likeness (QED) is 0.670. The summed E-state index contributed by atoms with van der Waals surface area (Å²) in [5.41, 5.74) is 0.577. The maximum Gasteiger partial charge on any atom is 0.269 e. The van der Waals surface area contributed by atoms with E-state index in [0.717, 1.165) is 31.6 Å². The van der Waals surface area contributed by atoms with Crippen LogP contribution in [0.1, 0.15) is 39.0 Å². The number of nitro benzene ring substituents is 1. The van der Waals surface area contributed by atoms with Crippen LogP contribution in [0.4, 0.5) is 11.4 Å². The first-order valence-electron chi connectivity index (χ1n) is 8.79. The number of nitrogens with zero attached hydrogens (tertiary/aromatic N) is 2. The van der Waals surface area contributed by atoms with Gasteiger partial charge in [0, 0.05) is 36.8 Å². The summed E-state index contributed by atoms with van der Waals surface area (Å²) >= 11 is 0. The van der Waals surface area contributed by atoms with Gasteiger partial charge >= 0.3 is 0 Å². The Balaban J connectivity index is 1.59. The highest BCUT2D eigenvalue weighted by molar-refractivity contribution is 6.00. The van der Waals surface area contributed by atoms with Crippen LogP contribution in [0, 0.1) is 22.0 Å². The summed E-state index contributed by atoms with van der Waals surface area (Å²) in [6, 6.07) is 6.07. The maximum absolute atomic E-state index is 12.5. The number of nitrogens with one attached hydrogen (secondary N) is 1. The summed E-state index contributed by atoms with van der Waals surface area (Å²) in [6.07, 6.45) is 4.44. The lowest BCUT2D eigenvalue weighted by Crippen LogP contribution is -2.41. The molecule has 2 amide bonds. The predicted octanol–water partition coefficient (Wildman–Crippen LogP) is 2.64. The van der Waals surface area contributed by atoms with Crippen LogP contribution in [0.15, 0.2) is 24.3 Å². The van der Waals surface area contributed by atoms with Gasteiger partial charge in [-0.3, -0.25) is 19.7 Å². The van der Waals surface area contributed by atoms with Crippen molar-refractivity contribution >= 4 is 23.2 Å². The molecule has 0 spiro atoms. The Labute approximate surface area is 146 Å². The van der Waals surface area contributed by atoms with Gasteiger partial charge in [0.05, 0.1) is 10.8 Å². The number of amides is 2. The van der Waals surface area contributed by atoms with Crippen LogP contribution in [0.2, 0.25) is 0 Å². The van der Waals surface area contributed by atoms with Gasteiger partial charge in [0.1, 0.15) is 0 Å². The SMILES string of the molecule is CC1CCC(NC(=O)[C@@H]2CC(=O)N(c3ccc([N+](=O)[O-])cc3)C2)CC1. The van der Waals surface area contributed by atoms with Gasteiger partial charge in [-0.05, 0) is 43.7 Å². The third-order valence-electron chi connectivity index (χ3n) is 5.23. The Kier molecular flexibility index (Phi) is 5.01. The topological polar surface area (TPSA) is 92.6 Å². The summed E-state index contributed by atoms with van der Waals surface area (Å²) in [6.45, 7) is 2.56. The highest BCUT2D eigenvalue weighted by Crippen LogP contribution is 2.28. The number of carbonyl (C=O) groups is 2. The highest BCUT2D eigenvalue weighted by atomic mass is 16.6. The van der Waals surface area contributed by atoms with Crippen molar-refractivity contribution in [2.45, 2.75) is 45.1 Å². The molecule has 3 rings (SSSR count). The molecule has 1 atom stereocenters. The number of anilines is 1. The molecule has 1 aliphatic carbocycles. The second kappa shape index (κ2) is 7.21. The fourth-order valence-electron chi connectivity index (χ4n) is 3.61. The minimum absolute atomic E-state index is 0.0174. The second-order valence-corrected chi connectivity index (χ2v) is 7.14. The van der Waals surface area contributed by atoms with Crippen molar-refractivity contribution in [1.82, 2.24) is 5.32 Å². The van der Waals surface area contributed by atoms with E-state index in [2.05, 4.69) is 12.2 Å². The van der Waals surface area contributed by atoms with Gasteiger partial charge in [0.15, 0.2) is 0 Å². The summed E-state index contributed by atoms with van der Waals surface area (Å²) < 4.78 is 0. The molecule has 1 saturated heterocycles. The lowest BCUT2D eigenvalue weighted by Gasteiger charge is -2.27. The van der Waals surface area contributed by atoms with Gasteiger partial charge in [0.25, 0.3) is 5.69 Å². The fraction of sp³-hybridized carbons (Fsp3) is 0.556. The number of carbonyl (C=O) groups excluding carboxylic acids is 2. The van der Waals surface area contributed by atoms with Crippen molar-refractivity contribution < 1.29 is 14.5 Å². The van der Waals surface area contributed by atoms with Gasteiger partial charge in [0.2, 0.25) is 11.8 Å². The van der Waals surface area contributed by atoms with Gasteiger partial charge in [-0.2, -0.15) is 0 Å². The van der Waals surface area contributed by atoms with E-state index in [1.54, 1.807) is 12.1 Å². The molecule has 1 aromatic carbocycles. The molecule has 0 radical (unpaired) electrons. The van der Waals surface area contributed by atoms with Crippen molar-refractivity contribution in [1.29, 1.82) is 0 Å². The Bertz CT molecular complexity index is 665. The van der Waals surface area contributed by atoms with Crippen LogP contribution >= 0.6 is 0 Å². The van der Waals surface area contributed by atoms with E-state index in [-0.39, 0.29) is 35.9 Å². The third-order valence-corrected chi connectivity index (χ3v) is 5.23. The molecule has 2 fully saturated rings. The molecular formula is C18H23N3O4. The van der Waals surface area contributed by atoms with Crippen LogP contribution in [0.3, 0.4) is 0 Å². The average molecular weight is 345 g/mol. The molecule has 1 saturated carbocycles. The monoisotopic (exact) mass is 345 g/mol. The zero-order valence-electron chi connectivity index (χ0n) is 14.3. The van der Waals surface area contributed by atoms with Gasteiger partial charge < -0.3 is 10.2 Å². The molecular weight excluding hydrogens is 322 g/mol. The smallest absolute Gasteiger partial charge is 0.269 e. The standard InChI is InChI=1S/C18H23N3O4/c1-12-2-4-14(5-3-12)19-18(23)13-10-17(22)20(11-13)15-6-8-16(9-7-15)21(24)25/h6-9,12-14H,2-5,10-11H2,1H3,(H,19,23)/t12?,13-,14?/m1/s1. The number of hydrogen-bond donors (Lipinski definition) is 1. The maximum atomic E-state index is 12.5. The third kappa shape index (κ3) is 3.97. The van der Waals surface area contributed by atoms with Crippen molar-refractivity contribution in [3.8, 4) is 0 Å². The normalized spacial score (nSPS) is 26.5. The van der Waals surface area contributed by atoms with E-state index in [9.17, 15) is 19.7 Å².